The first-order valence-electron chi connectivity index (χ1n) is 6.84. The normalized spacial score (nSPS) is 13.6. The number of rotatable bonds is 7. The van der Waals surface area contributed by atoms with Gasteiger partial charge in [0.05, 0.1) is 11.9 Å². The van der Waals surface area contributed by atoms with Crippen molar-refractivity contribution in [2.45, 2.75) is 38.8 Å². The second-order valence-corrected chi connectivity index (χ2v) is 5.66. The average molecular weight is 265 g/mol. The first kappa shape index (κ1) is 15.9. The van der Waals surface area contributed by atoms with Crippen LogP contribution >= 0.6 is 0 Å². The maximum atomic E-state index is 5.81. The van der Waals surface area contributed by atoms with E-state index in [1.807, 2.05) is 19.2 Å². The molecule has 1 atom stereocenters. The Hall–Kier alpha value is -1.13. The summed E-state index contributed by atoms with van der Waals surface area (Å²) in [5, 5.41) is 3.25. The molecular weight excluding hydrogens is 238 g/mol. The zero-order chi connectivity index (χ0) is 14.5. The number of hydrogen-bond acceptors (Lipinski definition) is 4. The Morgan fingerprint density at radius 3 is 2.47 bits per heavy atom. The molecule has 0 bridgehead atoms. The van der Waals surface area contributed by atoms with Crippen molar-refractivity contribution < 1.29 is 4.74 Å². The third-order valence-electron chi connectivity index (χ3n) is 3.68. The highest BCUT2D eigenvalue weighted by Crippen LogP contribution is 2.18. The van der Waals surface area contributed by atoms with Crippen molar-refractivity contribution in [2.24, 2.45) is 0 Å². The fraction of sp³-hybridized carbons (Fsp3) is 0.667. The summed E-state index contributed by atoms with van der Waals surface area (Å²) in [6.45, 7) is 7.10. The molecule has 0 aliphatic heterocycles. The van der Waals surface area contributed by atoms with Gasteiger partial charge in [-0.2, -0.15) is 0 Å². The molecule has 0 spiro atoms. The van der Waals surface area contributed by atoms with Crippen molar-refractivity contribution in [1.82, 2.24) is 15.2 Å². The molecular formula is C15H27N3O. The van der Waals surface area contributed by atoms with Crippen LogP contribution < -0.4 is 10.1 Å². The van der Waals surface area contributed by atoms with E-state index in [1.165, 1.54) is 0 Å². The highest BCUT2D eigenvalue weighted by atomic mass is 16.5. The monoisotopic (exact) mass is 265 g/mol. The SMILES string of the molecule is CCC(NC)c1ccc(OCC(C)(C)N(C)C)cn1. The number of pyridine rings is 1. The summed E-state index contributed by atoms with van der Waals surface area (Å²) in [4.78, 5) is 6.62. The Kier molecular flexibility index (Phi) is 5.76. The van der Waals surface area contributed by atoms with Gasteiger partial charge >= 0.3 is 0 Å². The quantitative estimate of drug-likeness (QED) is 0.822. The van der Waals surface area contributed by atoms with Crippen LogP contribution in [0.3, 0.4) is 0 Å². The Bertz CT molecular complexity index is 369. The zero-order valence-electron chi connectivity index (χ0n) is 13.0. The number of nitrogens with zero attached hydrogens (tertiary/aromatic N) is 2. The van der Waals surface area contributed by atoms with Crippen molar-refractivity contribution >= 4 is 0 Å². The third kappa shape index (κ3) is 4.48. The molecule has 0 radical (unpaired) electrons. The fourth-order valence-corrected chi connectivity index (χ4v) is 1.63. The molecule has 1 rings (SSSR count). The van der Waals surface area contributed by atoms with Gasteiger partial charge in [-0.1, -0.05) is 6.92 Å². The molecule has 1 unspecified atom stereocenters. The number of nitrogens with one attached hydrogen (secondary N) is 1. The van der Waals surface area contributed by atoms with Gasteiger partial charge in [0.1, 0.15) is 12.4 Å². The Morgan fingerprint density at radius 2 is 2.05 bits per heavy atom. The van der Waals surface area contributed by atoms with E-state index in [4.69, 9.17) is 4.74 Å². The summed E-state index contributed by atoms with van der Waals surface area (Å²) in [6.07, 6.45) is 2.83. The number of ether oxygens (including phenoxy) is 1. The molecule has 4 heteroatoms. The van der Waals surface area contributed by atoms with E-state index in [0.29, 0.717) is 12.6 Å². The molecule has 0 saturated heterocycles. The number of hydrogen-bond donors (Lipinski definition) is 1. The van der Waals surface area contributed by atoms with Crippen LogP contribution in [0.4, 0.5) is 0 Å². The van der Waals surface area contributed by atoms with E-state index in [9.17, 15) is 0 Å². The van der Waals surface area contributed by atoms with Crippen molar-refractivity contribution in [2.75, 3.05) is 27.7 Å². The van der Waals surface area contributed by atoms with E-state index in [0.717, 1.165) is 17.9 Å². The molecule has 0 aromatic carbocycles. The molecule has 0 aliphatic rings. The van der Waals surface area contributed by atoms with Gasteiger partial charge in [0.15, 0.2) is 0 Å². The van der Waals surface area contributed by atoms with Gasteiger partial charge in [-0.05, 0) is 53.5 Å². The predicted molar refractivity (Wildman–Crippen MR) is 79.6 cm³/mol. The van der Waals surface area contributed by atoms with Gasteiger partial charge in [-0.25, -0.2) is 0 Å². The lowest BCUT2D eigenvalue weighted by Crippen LogP contribution is -2.43. The first-order chi connectivity index (χ1) is 8.90. The van der Waals surface area contributed by atoms with Gasteiger partial charge < -0.3 is 15.0 Å². The largest absolute Gasteiger partial charge is 0.490 e. The molecule has 1 N–H and O–H groups in total. The van der Waals surface area contributed by atoms with Crippen LogP contribution in [0.25, 0.3) is 0 Å². The first-order valence-corrected chi connectivity index (χ1v) is 6.84. The molecule has 0 saturated carbocycles. The minimum Gasteiger partial charge on any atom is -0.490 e. The van der Waals surface area contributed by atoms with Crippen molar-refractivity contribution in [3.63, 3.8) is 0 Å². The number of likely N-dealkylation sites (N-methyl/N-ethyl adjacent to an activating group) is 1. The van der Waals surface area contributed by atoms with Crippen LogP contribution in [0.15, 0.2) is 18.3 Å². The van der Waals surface area contributed by atoms with Crippen LogP contribution in [0.2, 0.25) is 0 Å². The Morgan fingerprint density at radius 1 is 1.37 bits per heavy atom. The maximum absolute atomic E-state index is 5.81. The van der Waals surface area contributed by atoms with E-state index in [1.54, 1.807) is 6.20 Å². The van der Waals surface area contributed by atoms with Crippen LogP contribution in [0, 0.1) is 0 Å². The minimum absolute atomic E-state index is 0.00952. The highest BCUT2D eigenvalue weighted by molar-refractivity contribution is 5.21. The molecule has 108 valence electrons. The highest BCUT2D eigenvalue weighted by Gasteiger charge is 2.21. The average Bonchev–Trinajstić information content (AvgIpc) is 2.39. The van der Waals surface area contributed by atoms with Gasteiger partial charge in [-0.15, -0.1) is 0 Å². The van der Waals surface area contributed by atoms with Gasteiger partial charge in [0.25, 0.3) is 0 Å². The third-order valence-corrected chi connectivity index (χ3v) is 3.68. The lowest BCUT2D eigenvalue weighted by Gasteiger charge is -2.32. The second kappa shape index (κ2) is 6.87. The van der Waals surface area contributed by atoms with E-state index in [-0.39, 0.29) is 5.54 Å². The van der Waals surface area contributed by atoms with Gasteiger partial charge in [0, 0.05) is 11.6 Å². The molecule has 0 fully saturated rings. The predicted octanol–water partition coefficient (Wildman–Crippen LogP) is 2.47. The second-order valence-electron chi connectivity index (χ2n) is 5.66. The van der Waals surface area contributed by atoms with Crippen molar-refractivity contribution in [1.29, 1.82) is 0 Å². The molecule has 1 heterocycles. The summed E-state index contributed by atoms with van der Waals surface area (Å²) in [7, 11) is 6.08. The summed E-state index contributed by atoms with van der Waals surface area (Å²) in [6, 6.07) is 4.34. The summed E-state index contributed by atoms with van der Waals surface area (Å²) < 4.78 is 5.81. The molecule has 1 aromatic rings. The Balaban J connectivity index is 2.62. The lowest BCUT2D eigenvalue weighted by atomic mass is 10.1. The van der Waals surface area contributed by atoms with Gasteiger partial charge in [0.2, 0.25) is 0 Å². The van der Waals surface area contributed by atoms with Gasteiger partial charge in [-0.3, -0.25) is 4.98 Å². The van der Waals surface area contributed by atoms with E-state index in [2.05, 4.69) is 50.1 Å². The van der Waals surface area contributed by atoms with Crippen LogP contribution in [0.5, 0.6) is 5.75 Å². The van der Waals surface area contributed by atoms with Crippen LogP contribution in [-0.4, -0.2) is 43.2 Å². The smallest absolute Gasteiger partial charge is 0.137 e. The van der Waals surface area contributed by atoms with Crippen LogP contribution in [0.1, 0.15) is 38.9 Å². The van der Waals surface area contributed by atoms with Crippen molar-refractivity contribution in [3.05, 3.63) is 24.0 Å². The molecule has 4 nitrogen and oxygen atoms in total. The zero-order valence-corrected chi connectivity index (χ0v) is 13.0. The summed E-state index contributed by atoms with van der Waals surface area (Å²) in [5.41, 5.74) is 1.07. The Labute approximate surface area is 117 Å². The summed E-state index contributed by atoms with van der Waals surface area (Å²) >= 11 is 0. The molecule has 0 amide bonds. The van der Waals surface area contributed by atoms with Crippen molar-refractivity contribution in [3.8, 4) is 5.75 Å². The standard InChI is InChI=1S/C15H27N3O/c1-7-13(16-4)14-9-8-12(10-17-14)19-11-15(2,3)18(5)6/h8-10,13,16H,7,11H2,1-6H3. The lowest BCUT2D eigenvalue weighted by molar-refractivity contribution is 0.114. The summed E-state index contributed by atoms with van der Waals surface area (Å²) in [5.74, 6) is 0.824. The molecule has 1 aromatic heterocycles. The van der Waals surface area contributed by atoms with Crippen LogP contribution in [-0.2, 0) is 0 Å². The topological polar surface area (TPSA) is 37.4 Å². The minimum atomic E-state index is 0.00952. The molecule has 0 aliphatic carbocycles. The maximum Gasteiger partial charge on any atom is 0.137 e. The molecule has 19 heavy (non-hydrogen) atoms. The fourth-order valence-electron chi connectivity index (χ4n) is 1.63. The van der Waals surface area contributed by atoms with E-state index >= 15 is 0 Å². The van der Waals surface area contributed by atoms with E-state index < -0.39 is 0 Å². The number of aromatic nitrogens is 1.